The van der Waals surface area contributed by atoms with Gasteiger partial charge >= 0.3 is 0 Å². The van der Waals surface area contributed by atoms with E-state index < -0.39 is 0 Å². The summed E-state index contributed by atoms with van der Waals surface area (Å²) >= 11 is 0. The van der Waals surface area contributed by atoms with Crippen LogP contribution in [0.3, 0.4) is 0 Å². The molecule has 0 spiro atoms. The second-order valence-electron chi connectivity index (χ2n) is 4.88. The molecular formula is C15H25N. The third kappa shape index (κ3) is 3.88. The van der Waals surface area contributed by atoms with E-state index in [9.17, 15) is 0 Å². The summed E-state index contributed by atoms with van der Waals surface area (Å²) in [5.74, 6) is 0.813. The fourth-order valence-corrected chi connectivity index (χ4v) is 2.00. The van der Waals surface area contributed by atoms with Crippen molar-refractivity contribution in [2.24, 2.45) is 5.92 Å². The van der Waals surface area contributed by atoms with Crippen molar-refractivity contribution in [2.45, 2.75) is 46.5 Å². The number of nitrogens with one attached hydrogen (secondary N) is 1. The molecule has 0 aliphatic carbocycles. The van der Waals surface area contributed by atoms with Gasteiger partial charge in [0.05, 0.1) is 0 Å². The van der Waals surface area contributed by atoms with E-state index in [1.165, 1.54) is 36.1 Å². The van der Waals surface area contributed by atoms with Gasteiger partial charge in [-0.3, -0.25) is 0 Å². The van der Waals surface area contributed by atoms with Crippen molar-refractivity contribution < 1.29 is 0 Å². The smallest absolute Gasteiger partial charge is 0.0372 e. The van der Waals surface area contributed by atoms with Gasteiger partial charge in [-0.2, -0.15) is 0 Å². The summed E-state index contributed by atoms with van der Waals surface area (Å²) < 4.78 is 0. The molecule has 0 saturated heterocycles. The molecule has 0 aliphatic rings. The van der Waals surface area contributed by atoms with Gasteiger partial charge in [0.2, 0.25) is 0 Å². The van der Waals surface area contributed by atoms with E-state index in [0.29, 0.717) is 0 Å². The lowest BCUT2D eigenvalue weighted by Crippen LogP contribution is -1.98. The van der Waals surface area contributed by atoms with Crippen molar-refractivity contribution in [1.82, 2.24) is 0 Å². The molecule has 0 heterocycles. The van der Waals surface area contributed by atoms with Gasteiger partial charge in [-0.05, 0) is 42.4 Å². The van der Waals surface area contributed by atoms with Crippen LogP contribution in [-0.2, 0) is 12.8 Å². The van der Waals surface area contributed by atoms with E-state index in [4.69, 9.17) is 0 Å². The zero-order valence-corrected chi connectivity index (χ0v) is 11.1. The Bertz CT molecular complexity index is 315. The Hall–Kier alpha value is -0.980. The Morgan fingerprint density at radius 2 is 2.00 bits per heavy atom. The number of aryl methyl sites for hydroxylation is 2. The second kappa shape index (κ2) is 6.57. The highest BCUT2D eigenvalue weighted by atomic mass is 14.8. The summed E-state index contributed by atoms with van der Waals surface area (Å²) in [5, 5.41) is 3.31. The maximum atomic E-state index is 3.31. The van der Waals surface area contributed by atoms with Crippen molar-refractivity contribution in [3.05, 3.63) is 29.3 Å². The van der Waals surface area contributed by atoms with Gasteiger partial charge in [0, 0.05) is 12.7 Å². The number of anilines is 1. The Morgan fingerprint density at radius 1 is 1.25 bits per heavy atom. The number of hydrogen-bond donors (Lipinski definition) is 1. The van der Waals surface area contributed by atoms with E-state index in [0.717, 1.165) is 12.3 Å². The second-order valence-corrected chi connectivity index (χ2v) is 4.88. The van der Waals surface area contributed by atoms with E-state index in [1.807, 2.05) is 7.05 Å². The molecule has 1 heteroatoms. The topological polar surface area (TPSA) is 12.0 Å². The predicted octanol–water partition coefficient (Wildman–Crippen LogP) is 4.27. The van der Waals surface area contributed by atoms with Crippen LogP contribution >= 0.6 is 0 Å². The van der Waals surface area contributed by atoms with Gasteiger partial charge in [-0.25, -0.2) is 0 Å². The van der Waals surface area contributed by atoms with Crippen molar-refractivity contribution in [3.63, 3.8) is 0 Å². The van der Waals surface area contributed by atoms with Gasteiger partial charge in [-0.1, -0.05) is 39.3 Å². The third-order valence-corrected chi connectivity index (χ3v) is 3.08. The lowest BCUT2D eigenvalue weighted by atomic mass is 9.99. The lowest BCUT2D eigenvalue weighted by molar-refractivity contribution is 0.556. The summed E-state index contributed by atoms with van der Waals surface area (Å²) in [4.78, 5) is 0. The summed E-state index contributed by atoms with van der Waals surface area (Å²) in [5.41, 5.74) is 4.18. The number of hydrogen-bond acceptors (Lipinski definition) is 1. The van der Waals surface area contributed by atoms with Crippen molar-refractivity contribution in [1.29, 1.82) is 0 Å². The van der Waals surface area contributed by atoms with Gasteiger partial charge in [-0.15, -0.1) is 0 Å². The molecule has 0 unspecified atom stereocenters. The average Bonchev–Trinajstić information content (AvgIpc) is 2.29. The number of benzene rings is 1. The molecule has 0 saturated carbocycles. The standard InChI is InChI=1S/C15H25N/c1-5-13-9-10-14(15(11-13)16-4)8-6-7-12(2)3/h9-12,16H,5-8H2,1-4H3. The summed E-state index contributed by atoms with van der Waals surface area (Å²) in [6.45, 7) is 6.78. The average molecular weight is 219 g/mol. The zero-order chi connectivity index (χ0) is 12.0. The molecular weight excluding hydrogens is 194 g/mol. The molecule has 0 fully saturated rings. The normalized spacial score (nSPS) is 10.8. The van der Waals surface area contributed by atoms with Gasteiger partial charge in [0.15, 0.2) is 0 Å². The molecule has 1 N–H and O–H groups in total. The first-order valence-electron chi connectivity index (χ1n) is 6.47. The predicted molar refractivity (Wildman–Crippen MR) is 73.1 cm³/mol. The van der Waals surface area contributed by atoms with Crippen molar-refractivity contribution in [3.8, 4) is 0 Å². The van der Waals surface area contributed by atoms with E-state index in [-0.39, 0.29) is 0 Å². The highest BCUT2D eigenvalue weighted by Crippen LogP contribution is 2.20. The quantitative estimate of drug-likeness (QED) is 0.753. The molecule has 0 amide bonds. The fourth-order valence-electron chi connectivity index (χ4n) is 2.00. The van der Waals surface area contributed by atoms with Crippen molar-refractivity contribution >= 4 is 5.69 Å². The molecule has 0 bridgehead atoms. The van der Waals surface area contributed by atoms with Gasteiger partial charge in [0.1, 0.15) is 0 Å². The maximum Gasteiger partial charge on any atom is 0.0372 e. The zero-order valence-electron chi connectivity index (χ0n) is 11.1. The highest BCUT2D eigenvalue weighted by molar-refractivity contribution is 5.53. The molecule has 1 nitrogen and oxygen atoms in total. The van der Waals surface area contributed by atoms with Gasteiger partial charge < -0.3 is 5.32 Å². The van der Waals surface area contributed by atoms with Crippen LogP contribution < -0.4 is 5.32 Å². The minimum absolute atomic E-state index is 0.813. The SMILES string of the molecule is CCc1ccc(CCCC(C)C)c(NC)c1. The van der Waals surface area contributed by atoms with Crippen LogP contribution in [0, 0.1) is 5.92 Å². The fraction of sp³-hybridized carbons (Fsp3) is 0.600. The Balaban J connectivity index is 2.64. The third-order valence-electron chi connectivity index (χ3n) is 3.08. The van der Waals surface area contributed by atoms with Crippen molar-refractivity contribution in [2.75, 3.05) is 12.4 Å². The molecule has 1 rings (SSSR count). The van der Waals surface area contributed by atoms with Gasteiger partial charge in [0.25, 0.3) is 0 Å². The Morgan fingerprint density at radius 3 is 2.56 bits per heavy atom. The van der Waals surface area contributed by atoms with Crippen LogP contribution in [0.4, 0.5) is 5.69 Å². The first-order valence-corrected chi connectivity index (χ1v) is 6.47. The lowest BCUT2D eigenvalue weighted by Gasteiger charge is -2.11. The van der Waals surface area contributed by atoms with E-state index in [1.54, 1.807) is 0 Å². The maximum absolute atomic E-state index is 3.31. The first kappa shape index (κ1) is 13.1. The molecule has 90 valence electrons. The van der Waals surface area contributed by atoms with E-state index >= 15 is 0 Å². The summed E-state index contributed by atoms with van der Waals surface area (Å²) in [7, 11) is 2.01. The minimum atomic E-state index is 0.813. The largest absolute Gasteiger partial charge is 0.388 e. The Kier molecular flexibility index (Phi) is 5.37. The molecule has 1 aromatic rings. The molecule has 0 atom stereocenters. The molecule has 16 heavy (non-hydrogen) atoms. The van der Waals surface area contributed by atoms with Crippen LogP contribution in [0.2, 0.25) is 0 Å². The summed E-state index contributed by atoms with van der Waals surface area (Å²) in [6, 6.07) is 6.82. The Labute approximate surface area is 100 Å². The monoisotopic (exact) mass is 219 g/mol. The molecule has 1 aromatic carbocycles. The minimum Gasteiger partial charge on any atom is -0.388 e. The van der Waals surface area contributed by atoms with Crippen LogP contribution in [0.15, 0.2) is 18.2 Å². The van der Waals surface area contributed by atoms with E-state index in [2.05, 4.69) is 44.3 Å². The van der Waals surface area contributed by atoms with Crippen LogP contribution in [-0.4, -0.2) is 7.05 Å². The molecule has 0 aliphatic heterocycles. The van der Waals surface area contributed by atoms with Crippen LogP contribution in [0.1, 0.15) is 44.7 Å². The number of rotatable bonds is 6. The van der Waals surface area contributed by atoms with Crippen LogP contribution in [0.5, 0.6) is 0 Å². The van der Waals surface area contributed by atoms with Crippen LogP contribution in [0.25, 0.3) is 0 Å². The summed E-state index contributed by atoms with van der Waals surface area (Å²) in [6.07, 6.45) is 4.91. The first-order chi connectivity index (χ1) is 7.67. The molecule has 0 aromatic heterocycles. The highest BCUT2D eigenvalue weighted by Gasteiger charge is 2.03. The molecule has 0 radical (unpaired) electrons.